The Bertz CT molecular complexity index is 838. The number of ether oxygens (including phenoxy) is 1. The Balaban J connectivity index is 2.22. The lowest BCUT2D eigenvalue weighted by atomic mass is 10.1. The normalized spacial score (nSPS) is 16.5. The van der Waals surface area contributed by atoms with Crippen molar-refractivity contribution in [2.45, 2.75) is 0 Å². The van der Waals surface area contributed by atoms with Gasteiger partial charge in [-0.15, -0.1) is 0 Å². The first-order chi connectivity index (χ1) is 9.56. The fourth-order valence-corrected chi connectivity index (χ4v) is 2.04. The molecule has 0 bridgehead atoms. The van der Waals surface area contributed by atoms with Crippen molar-refractivity contribution in [2.75, 3.05) is 5.73 Å². The van der Waals surface area contributed by atoms with Crippen LogP contribution < -0.4 is 16.5 Å². The Morgan fingerprint density at radius 2 is 2.00 bits per heavy atom. The summed E-state index contributed by atoms with van der Waals surface area (Å²) in [6.07, 6.45) is 1.22. The van der Waals surface area contributed by atoms with E-state index in [-0.39, 0.29) is 27.8 Å². The summed E-state index contributed by atoms with van der Waals surface area (Å²) in [6.45, 7) is 0. The van der Waals surface area contributed by atoms with Gasteiger partial charge in [-0.05, 0) is 24.4 Å². The van der Waals surface area contributed by atoms with Gasteiger partial charge in [0.25, 0.3) is 11.1 Å². The van der Waals surface area contributed by atoms with Crippen molar-refractivity contribution in [1.82, 2.24) is 5.32 Å². The molecule has 0 atom stereocenters. The number of carbonyl (C=O) groups excluding carboxylic acids is 1. The van der Waals surface area contributed by atoms with E-state index in [1.807, 2.05) is 0 Å². The van der Waals surface area contributed by atoms with E-state index in [0.717, 1.165) is 0 Å². The highest BCUT2D eigenvalue weighted by Crippen LogP contribution is 2.20. The third-order valence-corrected chi connectivity index (χ3v) is 2.96. The summed E-state index contributed by atoms with van der Waals surface area (Å²) in [5.41, 5.74) is 5.81. The molecule has 3 rings (SSSR count). The number of hydrogen-bond acceptors (Lipinski definition) is 6. The van der Waals surface area contributed by atoms with Crippen molar-refractivity contribution in [3.8, 4) is 0 Å². The lowest BCUT2D eigenvalue weighted by molar-refractivity contribution is -0.116. The fraction of sp³-hybridized carbons (Fsp3) is 0. The Morgan fingerprint density at radius 1 is 1.25 bits per heavy atom. The third-order valence-electron chi connectivity index (χ3n) is 2.78. The molecular formula is C13H8N2O4S. The molecule has 0 unspecified atom stereocenters. The van der Waals surface area contributed by atoms with Gasteiger partial charge in [-0.2, -0.15) is 0 Å². The minimum Gasteiger partial charge on any atom is -0.440 e. The molecule has 2 heterocycles. The molecule has 1 aliphatic rings. The van der Waals surface area contributed by atoms with Gasteiger partial charge >= 0.3 is 0 Å². The number of hydrogen-bond donors (Lipinski definition) is 2. The predicted octanol–water partition coefficient (Wildman–Crippen LogP) is 1.15. The van der Waals surface area contributed by atoms with Crippen LogP contribution in [0, 0.1) is 0 Å². The summed E-state index contributed by atoms with van der Waals surface area (Å²) in [6, 6.07) is 6.69. The molecule has 3 N–H and O–H groups in total. The summed E-state index contributed by atoms with van der Waals surface area (Å²) in [5.74, 6) is -0.707. The number of nitrogen functional groups attached to an aromatic ring is 1. The first kappa shape index (κ1) is 12.4. The number of anilines is 1. The second-order valence-corrected chi connectivity index (χ2v) is 4.43. The van der Waals surface area contributed by atoms with E-state index in [1.54, 1.807) is 24.3 Å². The Labute approximate surface area is 117 Å². The lowest BCUT2D eigenvalue weighted by Crippen LogP contribution is -2.18. The molecule has 1 saturated heterocycles. The number of para-hydroxylation sites is 1. The van der Waals surface area contributed by atoms with E-state index in [2.05, 4.69) is 5.32 Å². The third kappa shape index (κ3) is 1.94. The summed E-state index contributed by atoms with van der Waals surface area (Å²) in [5, 5.41) is 2.60. The second kappa shape index (κ2) is 4.46. The van der Waals surface area contributed by atoms with E-state index >= 15 is 0 Å². The molecule has 20 heavy (non-hydrogen) atoms. The van der Waals surface area contributed by atoms with Crippen molar-refractivity contribution in [2.24, 2.45) is 0 Å². The number of nitrogens with one attached hydrogen (secondary N) is 1. The molecule has 1 aromatic carbocycles. The molecule has 6 nitrogen and oxygen atoms in total. The van der Waals surface area contributed by atoms with Crippen LogP contribution in [0.2, 0.25) is 0 Å². The van der Waals surface area contributed by atoms with Crippen LogP contribution in [0.4, 0.5) is 5.88 Å². The lowest BCUT2D eigenvalue weighted by Gasteiger charge is -2.02. The first-order valence-corrected chi connectivity index (χ1v) is 6.03. The number of fused-ring (bicyclic) bond motifs is 1. The molecule has 100 valence electrons. The molecule has 1 amide bonds. The zero-order chi connectivity index (χ0) is 14.3. The molecule has 2 aromatic rings. The first-order valence-electron chi connectivity index (χ1n) is 5.62. The predicted molar refractivity (Wildman–Crippen MR) is 76.7 cm³/mol. The minimum absolute atomic E-state index is 0.0542. The number of benzene rings is 1. The standard InChI is InChI=1S/C13H8N2O4S/c14-11-7(5-9-12(17)15-13(20)19-9)10(16)6-3-1-2-4-8(6)18-11/h1-5H,14H2,(H,15,17,20)/b9-5+. The van der Waals surface area contributed by atoms with Crippen LogP contribution in [0.25, 0.3) is 17.0 Å². The largest absolute Gasteiger partial charge is 0.440 e. The smallest absolute Gasteiger partial charge is 0.294 e. The highest BCUT2D eigenvalue weighted by atomic mass is 32.1. The topological polar surface area (TPSA) is 94.6 Å². The second-order valence-electron chi connectivity index (χ2n) is 4.06. The molecule has 0 aliphatic carbocycles. The van der Waals surface area contributed by atoms with Gasteiger partial charge in [-0.25, -0.2) is 0 Å². The highest BCUT2D eigenvalue weighted by Gasteiger charge is 2.24. The maximum Gasteiger partial charge on any atom is 0.294 e. The highest BCUT2D eigenvalue weighted by molar-refractivity contribution is 7.80. The van der Waals surface area contributed by atoms with Crippen LogP contribution in [0.5, 0.6) is 0 Å². The number of carbonyl (C=O) groups is 1. The van der Waals surface area contributed by atoms with E-state index in [9.17, 15) is 9.59 Å². The van der Waals surface area contributed by atoms with Crippen molar-refractivity contribution >= 4 is 46.2 Å². The van der Waals surface area contributed by atoms with Gasteiger partial charge < -0.3 is 14.9 Å². The van der Waals surface area contributed by atoms with Crippen molar-refractivity contribution in [1.29, 1.82) is 0 Å². The van der Waals surface area contributed by atoms with Gasteiger partial charge in [-0.3, -0.25) is 14.9 Å². The zero-order valence-electron chi connectivity index (χ0n) is 10.0. The monoisotopic (exact) mass is 288 g/mol. The molecule has 0 saturated carbocycles. The maximum absolute atomic E-state index is 12.3. The van der Waals surface area contributed by atoms with Crippen LogP contribution in [0.3, 0.4) is 0 Å². The van der Waals surface area contributed by atoms with Crippen LogP contribution in [0.15, 0.2) is 39.2 Å². The van der Waals surface area contributed by atoms with Crippen LogP contribution in [0.1, 0.15) is 5.56 Å². The zero-order valence-corrected chi connectivity index (χ0v) is 10.8. The SMILES string of the molecule is Nc1oc2ccccc2c(=O)c1/C=C1/OC(=S)NC1=O. The molecule has 1 fully saturated rings. The summed E-state index contributed by atoms with van der Waals surface area (Å²) < 4.78 is 10.4. The average Bonchev–Trinajstić information content (AvgIpc) is 2.73. The Kier molecular flexibility index (Phi) is 2.76. The quantitative estimate of drug-likeness (QED) is 0.604. The number of amides is 1. The van der Waals surface area contributed by atoms with Crippen molar-refractivity contribution < 1.29 is 13.9 Å². The van der Waals surface area contributed by atoms with Gasteiger partial charge in [0.05, 0.1) is 10.9 Å². The molecule has 0 spiro atoms. The van der Waals surface area contributed by atoms with Crippen molar-refractivity contribution in [3.63, 3.8) is 0 Å². The van der Waals surface area contributed by atoms with E-state index < -0.39 is 5.91 Å². The van der Waals surface area contributed by atoms with Crippen LogP contribution >= 0.6 is 12.2 Å². The van der Waals surface area contributed by atoms with Gasteiger partial charge in [0.2, 0.25) is 11.3 Å². The van der Waals surface area contributed by atoms with Gasteiger partial charge in [0.1, 0.15) is 5.58 Å². The van der Waals surface area contributed by atoms with E-state index in [4.69, 9.17) is 27.1 Å². The summed E-state index contributed by atoms with van der Waals surface area (Å²) in [7, 11) is 0. The average molecular weight is 288 g/mol. The minimum atomic E-state index is -0.526. The Morgan fingerprint density at radius 3 is 2.70 bits per heavy atom. The van der Waals surface area contributed by atoms with Gasteiger partial charge in [-0.1, -0.05) is 12.1 Å². The number of nitrogens with two attached hydrogens (primary N) is 1. The number of rotatable bonds is 1. The van der Waals surface area contributed by atoms with Crippen LogP contribution in [-0.4, -0.2) is 11.1 Å². The van der Waals surface area contributed by atoms with Crippen molar-refractivity contribution in [3.05, 3.63) is 45.8 Å². The molecule has 0 radical (unpaired) electrons. The molecule has 7 heteroatoms. The maximum atomic E-state index is 12.3. The summed E-state index contributed by atoms with van der Waals surface area (Å²) in [4.78, 5) is 23.8. The number of thiocarbonyl (C=S) groups is 1. The van der Waals surface area contributed by atoms with E-state index in [0.29, 0.717) is 11.0 Å². The van der Waals surface area contributed by atoms with E-state index in [1.165, 1.54) is 6.08 Å². The molecular weight excluding hydrogens is 280 g/mol. The molecule has 1 aliphatic heterocycles. The van der Waals surface area contributed by atoms with Gasteiger partial charge in [0.15, 0.2) is 5.76 Å². The summed E-state index contributed by atoms with van der Waals surface area (Å²) >= 11 is 4.70. The van der Waals surface area contributed by atoms with Gasteiger partial charge in [0, 0.05) is 6.08 Å². The Hall–Kier alpha value is -2.67. The van der Waals surface area contributed by atoms with Crippen LogP contribution in [-0.2, 0) is 9.53 Å². The molecule has 1 aromatic heterocycles. The fourth-order valence-electron chi connectivity index (χ4n) is 1.86.